The van der Waals surface area contributed by atoms with Gasteiger partial charge in [-0.15, -0.1) is 0 Å². The number of non-ortho nitro benzene ring substituents is 1. The number of nitro groups is 1. The monoisotopic (exact) mass is 406 g/mol. The minimum absolute atomic E-state index is 0.00577. The zero-order valence-corrected chi connectivity index (χ0v) is 15.4. The number of benzene rings is 2. The van der Waals surface area contributed by atoms with Gasteiger partial charge in [0.1, 0.15) is 5.82 Å². The Morgan fingerprint density at radius 2 is 1.96 bits per heavy atom. The Morgan fingerprint density at radius 1 is 1.25 bits per heavy atom. The van der Waals surface area contributed by atoms with Crippen molar-refractivity contribution in [3.63, 3.8) is 0 Å². The normalized spacial score (nSPS) is 13.1. The number of carbonyl (C=O) groups excluding carboxylic acids is 2. The summed E-state index contributed by atoms with van der Waals surface area (Å²) in [7, 11) is 0. The lowest BCUT2D eigenvalue weighted by Crippen LogP contribution is -2.36. The van der Waals surface area contributed by atoms with Crippen LogP contribution < -0.4 is 0 Å². The molecule has 0 bridgehead atoms. The van der Waals surface area contributed by atoms with Crippen LogP contribution >= 0.6 is 11.6 Å². The largest absolute Gasteiger partial charge is 0.452 e. The number of hydrogen-bond acceptors (Lipinski definition) is 5. The average molecular weight is 407 g/mol. The molecular weight excluding hydrogens is 391 g/mol. The highest BCUT2D eigenvalue weighted by Gasteiger charge is 2.33. The Labute approximate surface area is 164 Å². The van der Waals surface area contributed by atoms with Crippen LogP contribution in [0.3, 0.4) is 0 Å². The van der Waals surface area contributed by atoms with Crippen molar-refractivity contribution in [2.24, 2.45) is 0 Å². The minimum atomic E-state index is -0.866. The fraction of sp³-hybridized carbons (Fsp3) is 0.263. The molecule has 9 heteroatoms. The van der Waals surface area contributed by atoms with Gasteiger partial charge in [0.2, 0.25) is 0 Å². The third-order valence-corrected chi connectivity index (χ3v) is 4.63. The Bertz CT molecular complexity index is 932. The van der Waals surface area contributed by atoms with Crippen LogP contribution in [0.2, 0.25) is 5.02 Å². The van der Waals surface area contributed by atoms with Gasteiger partial charge in [0.25, 0.3) is 11.6 Å². The number of rotatable bonds is 7. The predicted octanol–water partition coefficient (Wildman–Crippen LogP) is 3.74. The fourth-order valence-electron chi connectivity index (χ4n) is 2.69. The van der Waals surface area contributed by atoms with E-state index in [9.17, 15) is 24.1 Å². The van der Waals surface area contributed by atoms with Crippen LogP contribution in [0, 0.1) is 15.9 Å². The van der Waals surface area contributed by atoms with Crippen LogP contribution in [0.5, 0.6) is 0 Å². The standard InChI is InChI=1S/C19H16ClFN2O5/c20-16-9-14(23(26)27)7-8-15(16)19(25)28-11-18(24)22(13-5-6-13)10-12-3-1-2-4-17(12)21/h1-4,7-9,13H,5-6,10-11H2. The summed E-state index contributed by atoms with van der Waals surface area (Å²) in [6, 6.07) is 9.50. The second-order valence-corrected chi connectivity index (χ2v) is 6.75. The average Bonchev–Trinajstić information content (AvgIpc) is 3.50. The number of nitro benzene ring substituents is 1. The van der Waals surface area contributed by atoms with Gasteiger partial charge in [0.05, 0.1) is 15.5 Å². The summed E-state index contributed by atoms with van der Waals surface area (Å²) in [5, 5.41) is 10.6. The molecule has 0 radical (unpaired) electrons. The number of amides is 1. The molecule has 0 aromatic heterocycles. The first kappa shape index (κ1) is 19.8. The molecule has 2 aromatic rings. The van der Waals surface area contributed by atoms with E-state index in [1.165, 1.54) is 17.0 Å². The first-order valence-corrected chi connectivity index (χ1v) is 8.88. The molecule has 0 spiro atoms. The lowest BCUT2D eigenvalue weighted by atomic mass is 10.2. The zero-order valence-electron chi connectivity index (χ0n) is 14.6. The third kappa shape index (κ3) is 4.64. The van der Waals surface area contributed by atoms with Crippen LogP contribution in [0.1, 0.15) is 28.8 Å². The molecule has 0 heterocycles. The predicted molar refractivity (Wildman–Crippen MR) is 98.4 cm³/mol. The van der Waals surface area contributed by atoms with Crippen molar-refractivity contribution in [1.82, 2.24) is 4.90 Å². The molecule has 1 fully saturated rings. The van der Waals surface area contributed by atoms with Crippen molar-refractivity contribution in [1.29, 1.82) is 0 Å². The summed E-state index contributed by atoms with van der Waals surface area (Å²) in [5.74, 6) is -1.72. The van der Waals surface area contributed by atoms with E-state index in [0.29, 0.717) is 5.56 Å². The number of esters is 1. The SMILES string of the molecule is O=C(OCC(=O)N(Cc1ccccc1F)C1CC1)c1ccc([N+](=O)[O-])cc1Cl. The van der Waals surface area contributed by atoms with Gasteiger partial charge in [0.15, 0.2) is 6.61 Å². The van der Waals surface area contributed by atoms with Gasteiger partial charge in [-0.3, -0.25) is 14.9 Å². The molecule has 146 valence electrons. The number of nitrogens with zero attached hydrogens (tertiary/aromatic N) is 2. The number of hydrogen-bond donors (Lipinski definition) is 0. The van der Waals surface area contributed by atoms with Gasteiger partial charge in [-0.25, -0.2) is 9.18 Å². The zero-order chi connectivity index (χ0) is 20.3. The molecule has 1 saturated carbocycles. The molecule has 1 aliphatic carbocycles. The summed E-state index contributed by atoms with van der Waals surface area (Å²) in [6.45, 7) is -0.441. The van der Waals surface area contributed by atoms with Gasteiger partial charge in [-0.05, 0) is 25.0 Å². The Kier molecular flexibility index (Phi) is 5.89. The second-order valence-electron chi connectivity index (χ2n) is 6.34. The van der Waals surface area contributed by atoms with E-state index in [0.717, 1.165) is 25.0 Å². The van der Waals surface area contributed by atoms with Crippen LogP contribution in [0.25, 0.3) is 0 Å². The number of ether oxygens (including phenoxy) is 1. The maximum atomic E-state index is 13.9. The Balaban J connectivity index is 1.64. The van der Waals surface area contributed by atoms with Crippen LogP contribution in [0.4, 0.5) is 10.1 Å². The molecule has 3 rings (SSSR count). The number of carbonyl (C=O) groups is 2. The molecule has 2 aromatic carbocycles. The molecule has 0 unspecified atom stereocenters. The van der Waals surface area contributed by atoms with Gasteiger partial charge in [-0.1, -0.05) is 29.8 Å². The summed E-state index contributed by atoms with van der Waals surface area (Å²) in [6.07, 6.45) is 1.62. The molecule has 0 aliphatic heterocycles. The first-order valence-electron chi connectivity index (χ1n) is 8.50. The second kappa shape index (κ2) is 8.35. The lowest BCUT2D eigenvalue weighted by Gasteiger charge is -2.22. The highest BCUT2D eigenvalue weighted by molar-refractivity contribution is 6.33. The fourth-order valence-corrected chi connectivity index (χ4v) is 2.94. The van der Waals surface area contributed by atoms with E-state index in [-0.39, 0.29) is 28.9 Å². The van der Waals surface area contributed by atoms with Crippen LogP contribution in [-0.2, 0) is 16.1 Å². The van der Waals surface area contributed by atoms with Crippen molar-refractivity contribution < 1.29 is 23.6 Å². The summed E-state index contributed by atoms with van der Waals surface area (Å²) in [4.78, 5) is 36.2. The molecular formula is C19H16ClFN2O5. The maximum absolute atomic E-state index is 13.9. The van der Waals surface area contributed by atoms with E-state index in [1.807, 2.05) is 0 Å². The van der Waals surface area contributed by atoms with Gasteiger partial charge in [-0.2, -0.15) is 0 Å². The van der Waals surface area contributed by atoms with Gasteiger partial charge in [0, 0.05) is 30.3 Å². The summed E-state index contributed by atoms with van der Waals surface area (Å²) >= 11 is 5.89. The summed E-state index contributed by atoms with van der Waals surface area (Å²) in [5.41, 5.74) is 0.0436. The lowest BCUT2D eigenvalue weighted by molar-refractivity contribution is -0.384. The van der Waals surface area contributed by atoms with E-state index in [1.54, 1.807) is 18.2 Å². The first-order chi connectivity index (χ1) is 13.4. The van der Waals surface area contributed by atoms with Gasteiger partial charge < -0.3 is 9.64 Å². The Hall–Kier alpha value is -3.00. The highest BCUT2D eigenvalue weighted by atomic mass is 35.5. The molecule has 0 N–H and O–H groups in total. The molecule has 1 amide bonds. The van der Waals surface area contributed by atoms with Crippen molar-refractivity contribution in [2.45, 2.75) is 25.4 Å². The number of halogens is 2. The van der Waals surface area contributed by atoms with Crippen LogP contribution in [-0.4, -0.2) is 34.3 Å². The van der Waals surface area contributed by atoms with Gasteiger partial charge >= 0.3 is 5.97 Å². The van der Waals surface area contributed by atoms with Crippen molar-refractivity contribution >= 4 is 29.2 Å². The van der Waals surface area contributed by atoms with Crippen molar-refractivity contribution in [3.05, 3.63) is 74.5 Å². The smallest absolute Gasteiger partial charge is 0.340 e. The maximum Gasteiger partial charge on any atom is 0.340 e. The van der Waals surface area contributed by atoms with Crippen molar-refractivity contribution in [3.8, 4) is 0 Å². The summed E-state index contributed by atoms with van der Waals surface area (Å²) < 4.78 is 18.9. The Morgan fingerprint density at radius 3 is 2.57 bits per heavy atom. The van der Waals surface area contributed by atoms with E-state index in [2.05, 4.69) is 0 Å². The topological polar surface area (TPSA) is 89.8 Å². The molecule has 28 heavy (non-hydrogen) atoms. The van der Waals surface area contributed by atoms with E-state index in [4.69, 9.17) is 16.3 Å². The van der Waals surface area contributed by atoms with E-state index < -0.39 is 29.2 Å². The highest BCUT2D eigenvalue weighted by Crippen LogP contribution is 2.29. The van der Waals surface area contributed by atoms with Crippen molar-refractivity contribution in [2.75, 3.05) is 6.61 Å². The third-order valence-electron chi connectivity index (χ3n) is 4.32. The quantitative estimate of drug-likeness (QED) is 0.397. The molecule has 0 saturated heterocycles. The molecule has 0 atom stereocenters. The molecule has 1 aliphatic rings. The molecule has 7 nitrogen and oxygen atoms in total. The minimum Gasteiger partial charge on any atom is -0.452 e. The van der Waals surface area contributed by atoms with Crippen LogP contribution in [0.15, 0.2) is 42.5 Å². The van der Waals surface area contributed by atoms with E-state index >= 15 is 0 Å².